The standard InChI is InChI=1S/C21H23FN4O2/c1-12(27)24-18-10-13-5-2-3-8-16(13)20(18)25-21(28)17-11-23-26-19(17)14-6-4-7-15(22)9-14/h2-9,17-20,23,26H,10-11H2,1H3,(H,24,27)(H,25,28)/t17?,18-,19?,20-/m1/s1. The number of halogens is 1. The maximum atomic E-state index is 13.6. The molecule has 1 saturated heterocycles. The summed E-state index contributed by atoms with van der Waals surface area (Å²) >= 11 is 0. The van der Waals surface area contributed by atoms with Crippen molar-refractivity contribution in [3.63, 3.8) is 0 Å². The minimum atomic E-state index is -0.396. The summed E-state index contributed by atoms with van der Waals surface area (Å²) in [6.45, 7) is 1.92. The van der Waals surface area contributed by atoms with E-state index in [1.165, 1.54) is 19.1 Å². The van der Waals surface area contributed by atoms with Crippen molar-refractivity contribution in [1.82, 2.24) is 21.5 Å². The van der Waals surface area contributed by atoms with Crippen LogP contribution in [0.2, 0.25) is 0 Å². The Morgan fingerprint density at radius 1 is 1.11 bits per heavy atom. The molecule has 1 aliphatic carbocycles. The third-order valence-electron chi connectivity index (χ3n) is 5.45. The molecule has 6 nitrogen and oxygen atoms in total. The van der Waals surface area contributed by atoms with Crippen molar-refractivity contribution >= 4 is 11.8 Å². The van der Waals surface area contributed by atoms with Crippen LogP contribution in [0, 0.1) is 11.7 Å². The highest BCUT2D eigenvalue weighted by molar-refractivity contribution is 5.81. The predicted octanol–water partition coefficient (Wildman–Crippen LogP) is 1.51. The zero-order valence-electron chi connectivity index (χ0n) is 15.5. The van der Waals surface area contributed by atoms with E-state index in [1.54, 1.807) is 12.1 Å². The van der Waals surface area contributed by atoms with Gasteiger partial charge in [-0.3, -0.25) is 15.0 Å². The summed E-state index contributed by atoms with van der Waals surface area (Å²) in [5.41, 5.74) is 8.94. The molecule has 146 valence electrons. The monoisotopic (exact) mass is 382 g/mol. The van der Waals surface area contributed by atoms with Crippen LogP contribution in [-0.2, 0) is 16.0 Å². The van der Waals surface area contributed by atoms with Crippen LogP contribution >= 0.6 is 0 Å². The van der Waals surface area contributed by atoms with E-state index in [0.717, 1.165) is 16.7 Å². The quantitative estimate of drug-likeness (QED) is 0.646. The minimum absolute atomic E-state index is 0.126. The fourth-order valence-electron chi connectivity index (χ4n) is 4.19. The van der Waals surface area contributed by atoms with Crippen molar-refractivity contribution in [3.05, 3.63) is 71.0 Å². The van der Waals surface area contributed by atoms with E-state index < -0.39 is 5.92 Å². The Labute approximate surface area is 162 Å². The maximum absolute atomic E-state index is 13.6. The van der Waals surface area contributed by atoms with Gasteiger partial charge in [-0.1, -0.05) is 36.4 Å². The van der Waals surface area contributed by atoms with E-state index in [1.807, 2.05) is 24.3 Å². The maximum Gasteiger partial charge on any atom is 0.226 e. The Kier molecular flexibility index (Phi) is 5.11. The highest BCUT2D eigenvalue weighted by Crippen LogP contribution is 2.33. The van der Waals surface area contributed by atoms with Crippen LogP contribution in [0.25, 0.3) is 0 Å². The first-order valence-electron chi connectivity index (χ1n) is 9.42. The predicted molar refractivity (Wildman–Crippen MR) is 102 cm³/mol. The number of amides is 2. The summed E-state index contributed by atoms with van der Waals surface area (Å²) in [4.78, 5) is 24.7. The van der Waals surface area contributed by atoms with E-state index in [4.69, 9.17) is 0 Å². The van der Waals surface area contributed by atoms with Crippen molar-refractivity contribution in [3.8, 4) is 0 Å². The summed E-state index contributed by atoms with van der Waals surface area (Å²) in [6.07, 6.45) is 0.676. The molecule has 1 aliphatic heterocycles. The van der Waals surface area contributed by atoms with Gasteiger partial charge in [0.1, 0.15) is 5.82 Å². The largest absolute Gasteiger partial charge is 0.351 e. The Hall–Kier alpha value is -2.77. The lowest BCUT2D eigenvalue weighted by Gasteiger charge is -2.26. The van der Waals surface area contributed by atoms with Crippen LogP contribution < -0.4 is 21.5 Å². The van der Waals surface area contributed by atoms with Gasteiger partial charge in [0.25, 0.3) is 0 Å². The Bertz CT molecular complexity index is 903. The summed E-state index contributed by atoms with van der Waals surface area (Å²) in [5, 5.41) is 6.07. The summed E-state index contributed by atoms with van der Waals surface area (Å²) in [6, 6.07) is 13.4. The molecule has 1 fully saturated rings. The molecule has 2 aromatic rings. The molecular formula is C21H23FN4O2. The molecule has 0 spiro atoms. The molecule has 7 heteroatoms. The molecule has 0 aromatic heterocycles. The summed E-state index contributed by atoms with van der Waals surface area (Å²) < 4.78 is 13.6. The van der Waals surface area contributed by atoms with Crippen LogP contribution in [0.15, 0.2) is 48.5 Å². The second-order valence-corrected chi connectivity index (χ2v) is 7.36. The molecule has 0 bridgehead atoms. The molecule has 0 saturated carbocycles. The smallest absolute Gasteiger partial charge is 0.226 e. The van der Waals surface area contributed by atoms with Crippen LogP contribution in [0.3, 0.4) is 0 Å². The fraction of sp³-hybridized carbons (Fsp3) is 0.333. The van der Waals surface area contributed by atoms with Gasteiger partial charge in [0.2, 0.25) is 11.8 Å². The Morgan fingerprint density at radius 3 is 2.71 bits per heavy atom. The van der Waals surface area contributed by atoms with Crippen molar-refractivity contribution in [1.29, 1.82) is 0 Å². The normalized spacial score (nSPS) is 25.9. The first kappa shape index (κ1) is 18.6. The first-order valence-corrected chi connectivity index (χ1v) is 9.42. The van der Waals surface area contributed by atoms with Gasteiger partial charge in [0, 0.05) is 13.5 Å². The average molecular weight is 382 g/mol. The molecule has 2 aliphatic rings. The number of hydrazine groups is 1. The van der Waals surface area contributed by atoms with Gasteiger partial charge in [-0.05, 0) is 35.2 Å². The Morgan fingerprint density at radius 2 is 1.93 bits per heavy atom. The zero-order valence-corrected chi connectivity index (χ0v) is 15.5. The molecule has 4 N–H and O–H groups in total. The number of rotatable bonds is 4. The topological polar surface area (TPSA) is 82.3 Å². The highest BCUT2D eigenvalue weighted by atomic mass is 19.1. The van der Waals surface area contributed by atoms with Gasteiger partial charge >= 0.3 is 0 Å². The number of carbonyl (C=O) groups excluding carboxylic acids is 2. The van der Waals surface area contributed by atoms with E-state index in [0.29, 0.717) is 13.0 Å². The first-order chi connectivity index (χ1) is 13.5. The molecular weight excluding hydrogens is 359 g/mol. The van der Waals surface area contributed by atoms with Gasteiger partial charge in [-0.25, -0.2) is 9.82 Å². The van der Waals surface area contributed by atoms with Gasteiger partial charge in [-0.15, -0.1) is 0 Å². The molecule has 28 heavy (non-hydrogen) atoms. The number of hydrogen-bond donors (Lipinski definition) is 4. The van der Waals surface area contributed by atoms with E-state index in [9.17, 15) is 14.0 Å². The lowest BCUT2D eigenvalue weighted by Crippen LogP contribution is -2.46. The van der Waals surface area contributed by atoms with Crippen molar-refractivity contribution in [2.75, 3.05) is 6.54 Å². The summed E-state index contributed by atoms with van der Waals surface area (Å²) in [5.74, 6) is -0.990. The minimum Gasteiger partial charge on any atom is -0.351 e. The number of fused-ring (bicyclic) bond motifs is 1. The fourth-order valence-corrected chi connectivity index (χ4v) is 4.19. The van der Waals surface area contributed by atoms with E-state index in [2.05, 4.69) is 21.5 Å². The number of benzene rings is 2. The molecule has 4 atom stereocenters. The number of nitrogens with one attached hydrogen (secondary N) is 4. The summed E-state index contributed by atoms with van der Waals surface area (Å²) in [7, 11) is 0. The van der Waals surface area contributed by atoms with Crippen LogP contribution in [0.4, 0.5) is 4.39 Å². The van der Waals surface area contributed by atoms with Crippen molar-refractivity contribution in [2.45, 2.75) is 31.5 Å². The average Bonchev–Trinajstić information content (AvgIpc) is 3.27. The van der Waals surface area contributed by atoms with Crippen LogP contribution in [0.5, 0.6) is 0 Å². The van der Waals surface area contributed by atoms with Crippen molar-refractivity contribution < 1.29 is 14.0 Å². The second-order valence-electron chi connectivity index (χ2n) is 7.36. The Balaban J connectivity index is 1.55. The van der Waals surface area contributed by atoms with E-state index >= 15 is 0 Å². The van der Waals surface area contributed by atoms with Crippen LogP contribution in [-0.4, -0.2) is 24.4 Å². The third-order valence-corrected chi connectivity index (χ3v) is 5.45. The number of hydrogen-bond acceptors (Lipinski definition) is 4. The zero-order chi connectivity index (χ0) is 19.7. The van der Waals surface area contributed by atoms with Gasteiger partial charge in [0.15, 0.2) is 0 Å². The van der Waals surface area contributed by atoms with E-state index in [-0.39, 0.29) is 35.8 Å². The SMILES string of the molecule is CC(=O)N[C@@H]1Cc2ccccc2[C@H]1NC(=O)C1CNNC1c1cccc(F)c1. The lowest BCUT2D eigenvalue weighted by atomic mass is 9.93. The lowest BCUT2D eigenvalue weighted by molar-refractivity contribution is -0.126. The molecule has 2 unspecified atom stereocenters. The van der Waals surface area contributed by atoms with Gasteiger partial charge in [-0.2, -0.15) is 0 Å². The molecule has 0 radical (unpaired) electrons. The van der Waals surface area contributed by atoms with Crippen LogP contribution in [0.1, 0.15) is 35.7 Å². The van der Waals surface area contributed by atoms with Crippen molar-refractivity contribution in [2.24, 2.45) is 5.92 Å². The van der Waals surface area contributed by atoms with Gasteiger partial charge < -0.3 is 10.6 Å². The molecule has 2 amide bonds. The molecule has 4 rings (SSSR count). The third kappa shape index (κ3) is 3.63. The molecule has 2 aromatic carbocycles. The van der Waals surface area contributed by atoms with Gasteiger partial charge in [0.05, 0.1) is 24.0 Å². The second kappa shape index (κ2) is 7.69. The molecule has 1 heterocycles. The highest BCUT2D eigenvalue weighted by Gasteiger charge is 2.39. The number of carbonyl (C=O) groups is 2.